The number of methoxy groups -OCH3 is 2. The lowest BCUT2D eigenvalue weighted by Gasteiger charge is -2.32. The number of likely N-dealkylation sites (tertiary alicyclic amines) is 1. The molecule has 1 aromatic heterocycles. The molecular weight excluding hydrogens is 376 g/mol. The maximum Gasteiger partial charge on any atom is 0.253 e. The Labute approximate surface area is 169 Å². The Morgan fingerprint density at radius 1 is 1.14 bits per heavy atom. The van der Waals surface area contributed by atoms with Crippen LogP contribution in [0.2, 0.25) is 0 Å². The molecule has 2 aromatic rings. The molecule has 0 saturated carbocycles. The summed E-state index contributed by atoms with van der Waals surface area (Å²) in [5.41, 5.74) is 0.598. The Morgan fingerprint density at radius 2 is 1.89 bits per heavy atom. The van der Waals surface area contributed by atoms with Gasteiger partial charge in [0.1, 0.15) is 0 Å². The van der Waals surface area contributed by atoms with Crippen molar-refractivity contribution in [2.24, 2.45) is 5.92 Å². The van der Waals surface area contributed by atoms with E-state index in [0.29, 0.717) is 49.0 Å². The summed E-state index contributed by atoms with van der Waals surface area (Å²) in [7, 11) is 3.13. The first-order valence-electron chi connectivity index (χ1n) is 9.41. The SMILES string of the molecule is COc1ccc(C(=O)N2CCC(CNC(=O)Cc3cccs3)CC2)cc1OC. The van der Waals surface area contributed by atoms with E-state index in [1.54, 1.807) is 43.8 Å². The first kappa shape index (κ1) is 20.2. The smallest absolute Gasteiger partial charge is 0.253 e. The van der Waals surface area contributed by atoms with Crippen molar-refractivity contribution in [3.63, 3.8) is 0 Å². The zero-order chi connectivity index (χ0) is 19.9. The third-order valence-electron chi connectivity index (χ3n) is 5.04. The summed E-state index contributed by atoms with van der Waals surface area (Å²) in [6.07, 6.45) is 2.21. The zero-order valence-corrected chi connectivity index (χ0v) is 17.1. The number of rotatable bonds is 7. The Bertz CT molecular complexity index is 799. The first-order valence-corrected chi connectivity index (χ1v) is 10.3. The van der Waals surface area contributed by atoms with Crippen molar-refractivity contribution in [1.29, 1.82) is 0 Å². The van der Waals surface area contributed by atoms with E-state index in [9.17, 15) is 9.59 Å². The number of hydrogen-bond acceptors (Lipinski definition) is 5. The predicted octanol–water partition coefficient (Wildman–Crippen LogP) is 2.98. The lowest BCUT2D eigenvalue weighted by molar-refractivity contribution is -0.120. The highest BCUT2D eigenvalue weighted by molar-refractivity contribution is 7.10. The van der Waals surface area contributed by atoms with Crippen molar-refractivity contribution >= 4 is 23.2 Å². The van der Waals surface area contributed by atoms with E-state index < -0.39 is 0 Å². The normalized spacial score (nSPS) is 14.6. The van der Waals surface area contributed by atoms with Gasteiger partial charge in [0.15, 0.2) is 11.5 Å². The number of benzene rings is 1. The molecule has 7 heteroatoms. The van der Waals surface area contributed by atoms with Gasteiger partial charge in [-0.2, -0.15) is 0 Å². The minimum Gasteiger partial charge on any atom is -0.493 e. The molecule has 150 valence electrons. The van der Waals surface area contributed by atoms with Gasteiger partial charge in [0, 0.05) is 30.1 Å². The molecule has 0 spiro atoms. The summed E-state index contributed by atoms with van der Waals surface area (Å²) in [6.45, 7) is 2.06. The van der Waals surface area contributed by atoms with Crippen LogP contribution in [0.4, 0.5) is 0 Å². The number of carbonyl (C=O) groups is 2. The average Bonchev–Trinajstić information content (AvgIpc) is 3.24. The van der Waals surface area contributed by atoms with Crippen LogP contribution in [-0.4, -0.2) is 50.6 Å². The van der Waals surface area contributed by atoms with Crippen molar-refractivity contribution in [1.82, 2.24) is 10.2 Å². The number of thiophene rings is 1. The van der Waals surface area contributed by atoms with Gasteiger partial charge in [-0.15, -0.1) is 11.3 Å². The van der Waals surface area contributed by atoms with Crippen LogP contribution in [-0.2, 0) is 11.2 Å². The van der Waals surface area contributed by atoms with Gasteiger partial charge in [-0.1, -0.05) is 6.07 Å². The monoisotopic (exact) mass is 402 g/mol. The molecule has 1 aromatic carbocycles. The fourth-order valence-electron chi connectivity index (χ4n) is 3.38. The molecule has 0 aliphatic carbocycles. The summed E-state index contributed by atoms with van der Waals surface area (Å²) in [5.74, 6) is 1.63. The topological polar surface area (TPSA) is 67.9 Å². The van der Waals surface area contributed by atoms with E-state index in [2.05, 4.69) is 5.32 Å². The highest BCUT2D eigenvalue weighted by atomic mass is 32.1. The van der Waals surface area contributed by atoms with E-state index in [-0.39, 0.29) is 11.8 Å². The summed E-state index contributed by atoms with van der Waals surface area (Å²) in [4.78, 5) is 27.8. The van der Waals surface area contributed by atoms with Crippen LogP contribution >= 0.6 is 11.3 Å². The second-order valence-electron chi connectivity index (χ2n) is 6.87. The average molecular weight is 403 g/mol. The van der Waals surface area contributed by atoms with Gasteiger partial charge in [0.25, 0.3) is 5.91 Å². The van der Waals surface area contributed by atoms with Crippen molar-refractivity contribution in [3.8, 4) is 11.5 Å². The van der Waals surface area contributed by atoms with E-state index in [1.165, 1.54) is 0 Å². The summed E-state index contributed by atoms with van der Waals surface area (Å²) in [5, 5.41) is 5.01. The van der Waals surface area contributed by atoms with Crippen molar-refractivity contribution in [2.45, 2.75) is 19.3 Å². The summed E-state index contributed by atoms with van der Waals surface area (Å²) in [6, 6.07) is 9.17. The standard InChI is InChI=1S/C21H26N2O4S/c1-26-18-6-5-16(12-19(18)27-2)21(25)23-9-7-15(8-10-23)14-22-20(24)13-17-4-3-11-28-17/h3-6,11-12,15H,7-10,13-14H2,1-2H3,(H,22,24). The Morgan fingerprint density at radius 3 is 2.54 bits per heavy atom. The molecule has 3 rings (SSSR count). The lowest BCUT2D eigenvalue weighted by atomic mass is 9.96. The van der Waals surface area contributed by atoms with Gasteiger partial charge in [-0.3, -0.25) is 9.59 Å². The number of hydrogen-bond donors (Lipinski definition) is 1. The number of amides is 2. The number of ether oxygens (including phenoxy) is 2. The van der Waals surface area contributed by atoms with Gasteiger partial charge in [0.2, 0.25) is 5.91 Å². The molecule has 1 aliphatic heterocycles. The molecule has 1 fully saturated rings. The maximum atomic E-state index is 12.8. The molecule has 1 N–H and O–H groups in total. The van der Waals surface area contributed by atoms with Gasteiger partial charge < -0.3 is 19.7 Å². The van der Waals surface area contributed by atoms with Crippen LogP contribution in [0, 0.1) is 5.92 Å². The maximum absolute atomic E-state index is 12.8. The van der Waals surface area contributed by atoms with Gasteiger partial charge >= 0.3 is 0 Å². The third kappa shape index (κ3) is 5.04. The van der Waals surface area contributed by atoms with E-state index in [4.69, 9.17) is 9.47 Å². The number of nitrogens with one attached hydrogen (secondary N) is 1. The minimum atomic E-state index is 0.00105. The van der Waals surface area contributed by atoms with Crippen LogP contribution in [0.5, 0.6) is 11.5 Å². The van der Waals surface area contributed by atoms with Crippen molar-refractivity contribution < 1.29 is 19.1 Å². The van der Waals surface area contributed by atoms with Crippen LogP contribution in [0.15, 0.2) is 35.7 Å². The van der Waals surface area contributed by atoms with Gasteiger partial charge in [-0.05, 0) is 48.4 Å². The minimum absolute atomic E-state index is 0.00105. The molecule has 0 radical (unpaired) electrons. The highest BCUT2D eigenvalue weighted by Gasteiger charge is 2.24. The molecule has 6 nitrogen and oxygen atoms in total. The molecule has 1 aliphatic rings. The molecular formula is C21H26N2O4S. The van der Waals surface area contributed by atoms with E-state index in [1.807, 2.05) is 22.4 Å². The second-order valence-corrected chi connectivity index (χ2v) is 7.90. The highest BCUT2D eigenvalue weighted by Crippen LogP contribution is 2.28. The molecule has 1 saturated heterocycles. The largest absolute Gasteiger partial charge is 0.493 e. The van der Waals surface area contributed by atoms with Crippen LogP contribution in [0.25, 0.3) is 0 Å². The van der Waals surface area contributed by atoms with Crippen LogP contribution in [0.3, 0.4) is 0 Å². The number of piperidine rings is 1. The Hall–Kier alpha value is -2.54. The van der Waals surface area contributed by atoms with Gasteiger partial charge in [0.05, 0.1) is 20.6 Å². The number of nitrogens with zero attached hydrogens (tertiary/aromatic N) is 1. The Kier molecular flexibility index (Phi) is 6.92. The van der Waals surface area contributed by atoms with E-state index in [0.717, 1.165) is 17.7 Å². The fraction of sp³-hybridized carbons (Fsp3) is 0.429. The summed E-state index contributed by atoms with van der Waals surface area (Å²) >= 11 is 1.60. The molecule has 0 atom stereocenters. The summed E-state index contributed by atoms with van der Waals surface area (Å²) < 4.78 is 10.5. The Balaban J connectivity index is 1.47. The van der Waals surface area contributed by atoms with E-state index >= 15 is 0 Å². The number of carbonyl (C=O) groups excluding carboxylic acids is 2. The first-order chi connectivity index (χ1) is 13.6. The lowest BCUT2D eigenvalue weighted by Crippen LogP contribution is -2.41. The van der Waals surface area contributed by atoms with Crippen molar-refractivity contribution in [3.05, 3.63) is 46.2 Å². The zero-order valence-electron chi connectivity index (χ0n) is 16.3. The predicted molar refractivity (Wildman–Crippen MR) is 109 cm³/mol. The molecule has 2 amide bonds. The second kappa shape index (κ2) is 9.59. The molecule has 28 heavy (non-hydrogen) atoms. The molecule has 0 unspecified atom stereocenters. The van der Waals surface area contributed by atoms with Crippen LogP contribution in [0.1, 0.15) is 28.1 Å². The molecule has 2 heterocycles. The van der Waals surface area contributed by atoms with Gasteiger partial charge in [-0.25, -0.2) is 0 Å². The van der Waals surface area contributed by atoms with Crippen molar-refractivity contribution in [2.75, 3.05) is 33.9 Å². The van der Waals surface area contributed by atoms with Crippen LogP contribution < -0.4 is 14.8 Å². The third-order valence-corrected chi connectivity index (χ3v) is 5.91. The fourth-order valence-corrected chi connectivity index (χ4v) is 4.09. The quantitative estimate of drug-likeness (QED) is 0.773. The molecule has 0 bridgehead atoms.